The van der Waals surface area contributed by atoms with Crippen molar-refractivity contribution in [2.45, 2.75) is 13.3 Å². The SMILES string of the molecule is COc1ccccc1CC(=O)c1ccc(F)cc1C. The minimum absolute atomic E-state index is 0.0398. The molecule has 0 atom stereocenters. The Hall–Kier alpha value is -2.16. The van der Waals surface area contributed by atoms with Gasteiger partial charge in [-0.15, -0.1) is 0 Å². The van der Waals surface area contributed by atoms with Crippen molar-refractivity contribution >= 4 is 5.78 Å². The van der Waals surface area contributed by atoms with Crippen molar-refractivity contribution in [2.24, 2.45) is 0 Å². The molecule has 0 amide bonds. The van der Waals surface area contributed by atoms with Gasteiger partial charge in [0.15, 0.2) is 5.78 Å². The van der Waals surface area contributed by atoms with Crippen molar-refractivity contribution < 1.29 is 13.9 Å². The molecule has 2 aromatic rings. The monoisotopic (exact) mass is 258 g/mol. The number of carbonyl (C=O) groups is 1. The number of Topliss-reactive ketones (excluding diaryl/α,β-unsaturated/α-hetero) is 1. The summed E-state index contributed by atoms with van der Waals surface area (Å²) in [6.45, 7) is 1.73. The van der Waals surface area contributed by atoms with Gasteiger partial charge in [-0.1, -0.05) is 18.2 Å². The Labute approximate surface area is 111 Å². The van der Waals surface area contributed by atoms with Gasteiger partial charge in [0.25, 0.3) is 0 Å². The highest BCUT2D eigenvalue weighted by molar-refractivity contribution is 5.99. The maximum absolute atomic E-state index is 13.0. The molecule has 2 rings (SSSR count). The van der Waals surface area contributed by atoms with Crippen LogP contribution in [0, 0.1) is 12.7 Å². The van der Waals surface area contributed by atoms with Crippen LogP contribution in [0.5, 0.6) is 5.75 Å². The van der Waals surface area contributed by atoms with Gasteiger partial charge < -0.3 is 4.74 Å². The summed E-state index contributed by atoms with van der Waals surface area (Å²) in [6, 6.07) is 11.6. The molecule has 3 heteroatoms. The summed E-state index contributed by atoms with van der Waals surface area (Å²) in [5.74, 6) is 0.323. The van der Waals surface area contributed by atoms with Gasteiger partial charge in [0.1, 0.15) is 11.6 Å². The number of benzene rings is 2. The fraction of sp³-hybridized carbons (Fsp3) is 0.188. The van der Waals surface area contributed by atoms with E-state index in [9.17, 15) is 9.18 Å². The maximum Gasteiger partial charge on any atom is 0.167 e. The number of para-hydroxylation sites is 1. The number of ketones is 1. The molecule has 0 radical (unpaired) electrons. The van der Waals surface area contributed by atoms with E-state index in [4.69, 9.17) is 4.74 Å². The van der Waals surface area contributed by atoms with Crippen molar-refractivity contribution in [3.8, 4) is 5.75 Å². The van der Waals surface area contributed by atoms with Gasteiger partial charge in [-0.25, -0.2) is 4.39 Å². The zero-order valence-electron chi connectivity index (χ0n) is 10.9. The molecular formula is C16H15FO2. The van der Waals surface area contributed by atoms with Gasteiger partial charge in [-0.05, 0) is 36.8 Å². The second kappa shape index (κ2) is 5.65. The Morgan fingerprint density at radius 2 is 1.95 bits per heavy atom. The van der Waals surface area contributed by atoms with E-state index < -0.39 is 0 Å². The van der Waals surface area contributed by atoms with E-state index in [0.29, 0.717) is 16.9 Å². The highest BCUT2D eigenvalue weighted by Crippen LogP contribution is 2.20. The number of halogens is 1. The molecule has 98 valence electrons. The van der Waals surface area contributed by atoms with E-state index in [1.807, 2.05) is 24.3 Å². The van der Waals surface area contributed by atoms with Gasteiger partial charge in [-0.2, -0.15) is 0 Å². The fourth-order valence-electron chi connectivity index (χ4n) is 2.06. The molecule has 2 nitrogen and oxygen atoms in total. The van der Waals surface area contributed by atoms with Gasteiger partial charge in [-0.3, -0.25) is 4.79 Å². The zero-order chi connectivity index (χ0) is 13.8. The molecule has 0 aliphatic rings. The lowest BCUT2D eigenvalue weighted by Crippen LogP contribution is -2.07. The number of carbonyl (C=O) groups excluding carboxylic acids is 1. The van der Waals surface area contributed by atoms with Gasteiger partial charge in [0, 0.05) is 17.5 Å². The largest absolute Gasteiger partial charge is 0.496 e. The Kier molecular flexibility index (Phi) is 3.95. The first-order valence-electron chi connectivity index (χ1n) is 6.03. The van der Waals surface area contributed by atoms with Crippen LogP contribution in [0.25, 0.3) is 0 Å². The first-order valence-corrected chi connectivity index (χ1v) is 6.03. The summed E-state index contributed by atoms with van der Waals surface area (Å²) in [4.78, 5) is 12.2. The third kappa shape index (κ3) is 2.99. The van der Waals surface area contributed by atoms with Crippen LogP contribution in [0.3, 0.4) is 0 Å². The predicted molar refractivity (Wildman–Crippen MR) is 72.2 cm³/mol. The molecule has 0 fully saturated rings. The second-order valence-electron chi connectivity index (χ2n) is 4.37. The van der Waals surface area contributed by atoms with Crippen LogP contribution in [0.4, 0.5) is 4.39 Å². The van der Waals surface area contributed by atoms with E-state index in [-0.39, 0.29) is 18.0 Å². The Bertz CT molecular complexity index is 605. The van der Waals surface area contributed by atoms with Crippen LogP contribution < -0.4 is 4.74 Å². The van der Waals surface area contributed by atoms with E-state index in [1.165, 1.54) is 18.2 Å². The standard InChI is InChI=1S/C16H15FO2/c1-11-9-13(17)7-8-14(11)15(18)10-12-5-3-4-6-16(12)19-2/h3-9H,10H2,1-2H3. The molecule has 0 saturated carbocycles. The Morgan fingerprint density at radius 3 is 2.63 bits per heavy atom. The number of hydrogen-bond acceptors (Lipinski definition) is 2. The molecule has 0 saturated heterocycles. The molecule has 0 unspecified atom stereocenters. The first-order chi connectivity index (χ1) is 9.11. The molecule has 0 spiro atoms. The summed E-state index contributed by atoms with van der Waals surface area (Å²) in [6.07, 6.45) is 0.247. The van der Waals surface area contributed by atoms with E-state index in [1.54, 1.807) is 14.0 Å². The molecule has 19 heavy (non-hydrogen) atoms. The summed E-state index contributed by atoms with van der Waals surface area (Å²) in [7, 11) is 1.58. The van der Waals surface area contributed by atoms with Crippen molar-refractivity contribution in [3.63, 3.8) is 0 Å². The second-order valence-corrected chi connectivity index (χ2v) is 4.37. The normalized spacial score (nSPS) is 10.3. The van der Waals surface area contributed by atoms with Gasteiger partial charge in [0.05, 0.1) is 7.11 Å². The average molecular weight is 258 g/mol. The van der Waals surface area contributed by atoms with Crippen LogP contribution in [0.2, 0.25) is 0 Å². The fourth-order valence-corrected chi connectivity index (χ4v) is 2.06. The van der Waals surface area contributed by atoms with Crippen LogP contribution in [-0.2, 0) is 6.42 Å². The highest BCUT2D eigenvalue weighted by atomic mass is 19.1. The van der Waals surface area contributed by atoms with Crippen LogP contribution in [0.15, 0.2) is 42.5 Å². The number of rotatable bonds is 4. The lowest BCUT2D eigenvalue weighted by atomic mass is 9.99. The summed E-state index contributed by atoms with van der Waals surface area (Å²) in [5.41, 5.74) is 2.03. The van der Waals surface area contributed by atoms with E-state index in [0.717, 1.165) is 5.56 Å². The molecule has 0 aliphatic heterocycles. The zero-order valence-corrected chi connectivity index (χ0v) is 10.9. The van der Waals surface area contributed by atoms with Gasteiger partial charge in [0.2, 0.25) is 0 Å². The molecule has 2 aromatic carbocycles. The van der Waals surface area contributed by atoms with E-state index >= 15 is 0 Å². The molecular weight excluding hydrogens is 243 g/mol. The summed E-state index contributed by atoms with van der Waals surface area (Å²) >= 11 is 0. The molecule has 0 aromatic heterocycles. The Balaban J connectivity index is 2.26. The molecule has 0 N–H and O–H groups in total. The van der Waals surface area contributed by atoms with E-state index in [2.05, 4.69) is 0 Å². The van der Waals surface area contributed by atoms with Crippen molar-refractivity contribution in [2.75, 3.05) is 7.11 Å². The third-order valence-electron chi connectivity index (χ3n) is 3.03. The lowest BCUT2D eigenvalue weighted by molar-refractivity contribution is 0.0991. The van der Waals surface area contributed by atoms with Crippen LogP contribution >= 0.6 is 0 Å². The third-order valence-corrected chi connectivity index (χ3v) is 3.03. The quantitative estimate of drug-likeness (QED) is 0.784. The van der Waals surface area contributed by atoms with Crippen molar-refractivity contribution in [1.82, 2.24) is 0 Å². The van der Waals surface area contributed by atoms with Crippen LogP contribution in [-0.4, -0.2) is 12.9 Å². The highest BCUT2D eigenvalue weighted by Gasteiger charge is 2.13. The minimum atomic E-state index is -0.327. The Morgan fingerprint density at radius 1 is 1.21 bits per heavy atom. The number of aryl methyl sites for hydroxylation is 1. The summed E-state index contributed by atoms with van der Waals surface area (Å²) in [5, 5.41) is 0. The van der Waals surface area contributed by atoms with Gasteiger partial charge >= 0.3 is 0 Å². The molecule has 0 aliphatic carbocycles. The number of ether oxygens (including phenoxy) is 1. The number of methoxy groups -OCH3 is 1. The van der Waals surface area contributed by atoms with Crippen molar-refractivity contribution in [1.29, 1.82) is 0 Å². The van der Waals surface area contributed by atoms with Crippen molar-refractivity contribution in [3.05, 3.63) is 65.0 Å². The number of hydrogen-bond donors (Lipinski definition) is 0. The average Bonchev–Trinajstić information content (AvgIpc) is 2.39. The topological polar surface area (TPSA) is 26.3 Å². The lowest BCUT2D eigenvalue weighted by Gasteiger charge is -2.09. The van der Waals surface area contributed by atoms with Crippen LogP contribution in [0.1, 0.15) is 21.5 Å². The molecule has 0 heterocycles. The predicted octanol–water partition coefficient (Wildman–Crippen LogP) is 3.57. The smallest absolute Gasteiger partial charge is 0.167 e. The summed E-state index contributed by atoms with van der Waals surface area (Å²) < 4.78 is 18.2. The molecule has 0 bridgehead atoms. The maximum atomic E-state index is 13.0. The first kappa shape index (κ1) is 13.3. The minimum Gasteiger partial charge on any atom is -0.496 e.